The molecule has 0 spiro atoms. The van der Waals surface area contributed by atoms with E-state index in [1.807, 2.05) is 12.1 Å². The number of oxazole rings is 1. The number of nitrogens with zero attached hydrogens (tertiary/aromatic N) is 2. The average Bonchev–Trinajstić information content (AvgIpc) is 2.88. The van der Waals surface area contributed by atoms with E-state index in [9.17, 15) is 0 Å². The summed E-state index contributed by atoms with van der Waals surface area (Å²) in [7, 11) is 0. The molecule has 3 rings (SSSR count). The molecule has 5 heteroatoms. The predicted molar refractivity (Wildman–Crippen MR) is 60.3 cm³/mol. The fourth-order valence-corrected chi connectivity index (χ4v) is 1.81. The zero-order chi connectivity index (χ0) is 11.7. The number of aliphatic hydroxyl groups is 1. The summed E-state index contributed by atoms with van der Waals surface area (Å²) in [5, 5.41) is 8.98. The summed E-state index contributed by atoms with van der Waals surface area (Å²) >= 11 is 0. The Morgan fingerprint density at radius 3 is 2.88 bits per heavy atom. The highest BCUT2D eigenvalue weighted by Gasteiger charge is 2.32. The third kappa shape index (κ3) is 2.19. The van der Waals surface area contributed by atoms with E-state index in [1.54, 1.807) is 6.26 Å². The van der Waals surface area contributed by atoms with Gasteiger partial charge < -0.3 is 18.8 Å². The molecule has 1 aliphatic carbocycles. The van der Waals surface area contributed by atoms with Gasteiger partial charge in [0.05, 0.1) is 19.4 Å². The maximum atomic E-state index is 8.98. The lowest BCUT2D eigenvalue weighted by Gasteiger charge is -2.18. The fourth-order valence-electron chi connectivity index (χ4n) is 1.81. The van der Waals surface area contributed by atoms with Crippen molar-refractivity contribution >= 4 is 6.01 Å². The van der Waals surface area contributed by atoms with Crippen LogP contribution < -0.4 is 4.90 Å². The maximum absolute atomic E-state index is 8.98. The first kappa shape index (κ1) is 10.4. The van der Waals surface area contributed by atoms with Gasteiger partial charge in [-0.15, -0.1) is 0 Å². The Kier molecular flexibility index (Phi) is 2.60. The van der Waals surface area contributed by atoms with Crippen molar-refractivity contribution in [3.8, 4) is 0 Å². The SMILES string of the molecule is OCc1coc(N(Cc2ccco2)C2CC2)n1. The maximum Gasteiger partial charge on any atom is 0.298 e. The second-order valence-electron chi connectivity index (χ2n) is 4.22. The quantitative estimate of drug-likeness (QED) is 0.856. The van der Waals surface area contributed by atoms with Crippen molar-refractivity contribution in [2.45, 2.75) is 32.0 Å². The number of aromatic nitrogens is 1. The molecular formula is C12H14N2O3. The standard InChI is InChI=1S/C12H14N2O3/c15-7-9-8-17-12(13-9)14(10-3-4-10)6-11-2-1-5-16-11/h1-2,5,8,10,15H,3-4,6-7H2. The van der Waals surface area contributed by atoms with E-state index in [0.29, 0.717) is 24.3 Å². The Bertz CT molecular complexity index is 474. The van der Waals surface area contributed by atoms with Crippen LogP contribution in [-0.4, -0.2) is 16.1 Å². The monoisotopic (exact) mass is 234 g/mol. The third-order valence-electron chi connectivity index (χ3n) is 2.84. The summed E-state index contributed by atoms with van der Waals surface area (Å²) in [4.78, 5) is 6.32. The van der Waals surface area contributed by atoms with E-state index in [0.717, 1.165) is 18.6 Å². The largest absolute Gasteiger partial charge is 0.467 e. The van der Waals surface area contributed by atoms with Gasteiger partial charge in [0.25, 0.3) is 6.01 Å². The van der Waals surface area contributed by atoms with E-state index >= 15 is 0 Å². The van der Waals surface area contributed by atoms with Crippen molar-refractivity contribution in [2.75, 3.05) is 4.90 Å². The van der Waals surface area contributed by atoms with Crippen molar-refractivity contribution in [3.05, 3.63) is 36.1 Å². The van der Waals surface area contributed by atoms with Crippen LogP contribution in [0.3, 0.4) is 0 Å². The van der Waals surface area contributed by atoms with E-state index < -0.39 is 0 Å². The summed E-state index contributed by atoms with van der Waals surface area (Å²) in [6.45, 7) is 0.561. The van der Waals surface area contributed by atoms with Crippen LogP contribution in [0.5, 0.6) is 0 Å². The lowest BCUT2D eigenvalue weighted by Crippen LogP contribution is -2.25. The molecule has 1 N–H and O–H groups in total. The molecule has 5 nitrogen and oxygen atoms in total. The van der Waals surface area contributed by atoms with Crippen LogP contribution >= 0.6 is 0 Å². The summed E-state index contributed by atoms with van der Waals surface area (Å²) in [5.41, 5.74) is 0.560. The minimum Gasteiger partial charge on any atom is -0.467 e. The lowest BCUT2D eigenvalue weighted by molar-refractivity contribution is 0.276. The number of hydrogen-bond acceptors (Lipinski definition) is 5. The van der Waals surface area contributed by atoms with Crippen molar-refractivity contribution in [3.63, 3.8) is 0 Å². The number of anilines is 1. The van der Waals surface area contributed by atoms with Gasteiger partial charge in [-0.1, -0.05) is 0 Å². The third-order valence-corrected chi connectivity index (χ3v) is 2.84. The van der Waals surface area contributed by atoms with Crippen LogP contribution in [0.1, 0.15) is 24.3 Å². The summed E-state index contributed by atoms with van der Waals surface area (Å²) in [5.74, 6) is 0.889. The normalized spacial score (nSPS) is 15.1. The van der Waals surface area contributed by atoms with Crippen LogP contribution in [0, 0.1) is 0 Å². The molecule has 0 saturated heterocycles. The molecule has 90 valence electrons. The number of furan rings is 1. The van der Waals surface area contributed by atoms with Crippen LogP contribution in [0.25, 0.3) is 0 Å². The van der Waals surface area contributed by atoms with Crippen LogP contribution in [-0.2, 0) is 13.2 Å². The summed E-state index contributed by atoms with van der Waals surface area (Å²) in [6, 6.07) is 4.85. The van der Waals surface area contributed by atoms with E-state index in [1.165, 1.54) is 6.26 Å². The highest BCUT2D eigenvalue weighted by Crippen LogP contribution is 2.32. The molecule has 0 radical (unpaired) electrons. The first-order valence-corrected chi connectivity index (χ1v) is 5.71. The first-order valence-electron chi connectivity index (χ1n) is 5.71. The molecule has 0 unspecified atom stereocenters. The fraction of sp³-hybridized carbons (Fsp3) is 0.417. The Hall–Kier alpha value is -1.75. The second-order valence-corrected chi connectivity index (χ2v) is 4.22. The van der Waals surface area contributed by atoms with Gasteiger partial charge in [0, 0.05) is 6.04 Å². The predicted octanol–water partition coefficient (Wildman–Crippen LogP) is 1.93. The van der Waals surface area contributed by atoms with Gasteiger partial charge in [-0.3, -0.25) is 0 Å². The van der Waals surface area contributed by atoms with Gasteiger partial charge in [-0.05, 0) is 25.0 Å². The molecule has 1 aliphatic rings. The summed E-state index contributed by atoms with van der Waals surface area (Å²) in [6.07, 6.45) is 5.46. The highest BCUT2D eigenvalue weighted by molar-refractivity contribution is 5.32. The van der Waals surface area contributed by atoms with Gasteiger partial charge in [0.2, 0.25) is 0 Å². The zero-order valence-corrected chi connectivity index (χ0v) is 9.37. The van der Waals surface area contributed by atoms with Crippen molar-refractivity contribution in [1.82, 2.24) is 4.98 Å². The molecule has 0 bridgehead atoms. The van der Waals surface area contributed by atoms with Crippen LogP contribution in [0.4, 0.5) is 6.01 Å². The molecule has 2 aromatic heterocycles. The van der Waals surface area contributed by atoms with Crippen LogP contribution in [0.15, 0.2) is 33.5 Å². The molecule has 0 amide bonds. The molecule has 0 atom stereocenters. The Morgan fingerprint density at radius 1 is 1.41 bits per heavy atom. The molecule has 2 aromatic rings. The van der Waals surface area contributed by atoms with Gasteiger partial charge in [-0.25, -0.2) is 0 Å². The average molecular weight is 234 g/mol. The van der Waals surface area contributed by atoms with Crippen molar-refractivity contribution < 1.29 is 13.9 Å². The number of rotatable bonds is 5. The molecule has 1 saturated carbocycles. The van der Waals surface area contributed by atoms with E-state index in [4.69, 9.17) is 13.9 Å². The number of hydrogen-bond donors (Lipinski definition) is 1. The molecule has 0 aromatic carbocycles. The minimum absolute atomic E-state index is 0.0945. The van der Waals surface area contributed by atoms with Gasteiger partial charge in [-0.2, -0.15) is 4.98 Å². The smallest absolute Gasteiger partial charge is 0.298 e. The molecule has 0 aliphatic heterocycles. The molecule has 2 heterocycles. The van der Waals surface area contributed by atoms with Crippen molar-refractivity contribution in [2.24, 2.45) is 0 Å². The first-order chi connectivity index (χ1) is 8.36. The second kappa shape index (κ2) is 4.25. The van der Waals surface area contributed by atoms with Gasteiger partial charge in [0.15, 0.2) is 0 Å². The van der Waals surface area contributed by atoms with Crippen molar-refractivity contribution in [1.29, 1.82) is 0 Å². The minimum atomic E-state index is -0.0945. The Labute approximate surface area is 98.7 Å². The zero-order valence-electron chi connectivity index (χ0n) is 9.37. The summed E-state index contributed by atoms with van der Waals surface area (Å²) < 4.78 is 10.7. The lowest BCUT2D eigenvalue weighted by atomic mass is 10.4. The molecule has 17 heavy (non-hydrogen) atoms. The molecular weight excluding hydrogens is 220 g/mol. The van der Waals surface area contributed by atoms with Gasteiger partial charge >= 0.3 is 0 Å². The Morgan fingerprint density at radius 2 is 2.29 bits per heavy atom. The van der Waals surface area contributed by atoms with Crippen LogP contribution in [0.2, 0.25) is 0 Å². The molecule has 1 fully saturated rings. The topological polar surface area (TPSA) is 62.6 Å². The van der Waals surface area contributed by atoms with E-state index in [-0.39, 0.29) is 6.61 Å². The highest BCUT2D eigenvalue weighted by atomic mass is 16.4. The number of aliphatic hydroxyl groups excluding tert-OH is 1. The van der Waals surface area contributed by atoms with Gasteiger partial charge in [0.1, 0.15) is 17.7 Å². The van der Waals surface area contributed by atoms with E-state index in [2.05, 4.69) is 9.88 Å². The Balaban J connectivity index is 1.79.